The number of ether oxygens (including phenoxy) is 1. The van der Waals surface area contributed by atoms with Crippen LogP contribution in [-0.2, 0) is 14.8 Å². The van der Waals surface area contributed by atoms with Crippen molar-refractivity contribution in [1.82, 2.24) is 4.31 Å². The van der Waals surface area contributed by atoms with Crippen LogP contribution in [0.15, 0.2) is 65.6 Å². The molecular weight excluding hydrogens is 394 g/mol. The van der Waals surface area contributed by atoms with Crippen molar-refractivity contribution < 1.29 is 13.2 Å². The van der Waals surface area contributed by atoms with Crippen LogP contribution in [0.25, 0.3) is 6.08 Å². The van der Waals surface area contributed by atoms with Crippen LogP contribution < -0.4 is 0 Å². The highest BCUT2D eigenvalue weighted by atomic mass is 32.2. The second-order valence-electron chi connectivity index (χ2n) is 8.05. The molecule has 1 heterocycles. The van der Waals surface area contributed by atoms with E-state index in [0.29, 0.717) is 18.0 Å². The highest BCUT2D eigenvalue weighted by Crippen LogP contribution is 2.25. The molecule has 5 heteroatoms. The summed E-state index contributed by atoms with van der Waals surface area (Å²) in [6.45, 7) is 4.91. The Balaban J connectivity index is 1.76. The molecule has 3 rings (SSSR count). The van der Waals surface area contributed by atoms with Crippen LogP contribution in [0.4, 0.5) is 0 Å². The smallest absolute Gasteiger partial charge is 0.243 e. The maximum Gasteiger partial charge on any atom is 0.243 e. The second kappa shape index (κ2) is 10.9. The minimum Gasteiger partial charge on any atom is -0.368 e. The quantitative estimate of drug-likeness (QED) is 0.501. The van der Waals surface area contributed by atoms with Crippen molar-refractivity contribution in [3.63, 3.8) is 0 Å². The second-order valence-corrected chi connectivity index (χ2v) is 9.99. The number of hydrogen-bond donors (Lipinski definition) is 0. The van der Waals surface area contributed by atoms with Crippen LogP contribution >= 0.6 is 0 Å². The molecule has 0 N–H and O–H groups in total. The summed E-state index contributed by atoms with van der Waals surface area (Å²) in [4.78, 5) is 0.352. The number of nitrogens with zero attached hydrogens (tertiary/aromatic N) is 1. The van der Waals surface area contributed by atoms with E-state index in [1.807, 2.05) is 61.5 Å². The highest BCUT2D eigenvalue weighted by Gasteiger charge is 2.34. The summed E-state index contributed by atoms with van der Waals surface area (Å²) in [7, 11) is -3.54. The van der Waals surface area contributed by atoms with Crippen LogP contribution in [0.1, 0.15) is 50.2 Å². The Hall–Kier alpha value is -1.95. The molecule has 162 valence electrons. The molecule has 0 amide bonds. The Morgan fingerprint density at radius 1 is 1.00 bits per heavy atom. The molecule has 0 aromatic heterocycles. The summed E-state index contributed by atoms with van der Waals surface area (Å²) in [5.41, 5.74) is 2.13. The van der Waals surface area contributed by atoms with Crippen molar-refractivity contribution in [3.05, 3.63) is 71.8 Å². The SMILES string of the molecule is CCCCCCC1CN(S(=O)(=O)c2ccc(C)cc2)CC(C=Cc2ccccc2)O1. The summed E-state index contributed by atoms with van der Waals surface area (Å²) in [5.74, 6) is 0. The molecule has 2 unspecified atom stereocenters. The van der Waals surface area contributed by atoms with Gasteiger partial charge in [-0.05, 0) is 31.0 Å². The normalized spacial score (nSPS) is 20.6. The van der Waals surface area contributed by atoms with Crippen LogP contribution in [0.2, 0.25) is 0 Å². The van der Waals surface area contributed by atoms with E-state index in [2.05, 4.69) is 6.92 Å². The molecule has 30 heavy (non-hydrogen) atoms. The van der Waals surface area contributed by atoms with Gasteiger partial charge in [-0.2, -0.15) is 4.31 Å². The van der Waals surface area contributed by atoms with Gasteiger partial charge in [0, 0.05) is 13.1 Å². The lowest BCUT2D eigenvalue weighted by Crippen LogP contribution is -2.49. The Bertz CT molecular complexity index is 907. The van der Waals surface area contributed by atoms with Gasteiger partial charge in [-0.1, -0.05) is 92.8 Å². The molecule has 1 aliphatic rings. The first-order valence-corrected chi connectivity index (χ1v) is 12.4. The molecule has 1 fully saturated rings. The average Bonchev–Trinajstić information content (AvgIpc) is 2.76. The number of hydrogen-bond acceptors (Lipinski definition) is 3. The molecule has 2 atom stereocenters. The fourth-order valence-corrected chi connectivity index (χ4v) is 5.22. The lowest BCUT2D eigenvalue weighted by Gasteiger charge is -2.36. The van der Waals surface area contributed by atoms with Gasteiger partial charge in [0.15, 0.2) is 0 Å². The molecule has 4 nitrogen and oxygen atoms in total. The van der Waals surface area contributed by atoms with E-state index in [0.717, 1.165) is 30.4 Å². The topological polar surface area (TPSA) is 46.6 Å². The molecule has 2 aromatic rings. The van der Waals surface area contributed by atoms with Gasteiger partial charge in [0.2, 0.25) is 10.0 Å². The van der Waals surface area contributed by atoms with Crippen LogP contribution in [0, 0.1) is 6.92 Å². The van der Waals surface area contributed by atoms with E-state index in [1.165, 1.54) is 12.8 Å². The third kappa shape index (κ3) is 6.27. The van der Waals surface area contributed by atoms with Crippen molar-refractivity contribution in [2.24, 2.45) is 0 Å². The van der Waals surface area contributed by atoms with Gasteiger partial charge in [-0.25, -0.2) is 8.42 Å². The van der Waals surface area contributed by atoms with Gasteiger partial charge in [-0.3, -0.25) is 0 Å². The van der Waals surface area contributed by atoms with Gasteiger partial charge in [0.1, 0.15) is 0 Å². The maximum atomic E-state index is 13.3. The Morgan fingerprint density at radius 2 is 1.73 bits per heavy atom. The standard InChI is InChI=1S/C25H33NO3S/c1-3-4-5-9-12-23-19-26(30(27,28)25-17-13-21(2)14-18-25)20-24(29-23)16-15-22-10-7-6-8-11-22/h6-8,10-11,13-18,23-24H,3-5,9,12,19-20H2,1-2H3. The predicted molar refractivity (Wildman–Crippen MR) is 123 cm³/mol. The first-order valence-electron chi connectivity index (χ1n) is 10.9. The van der Waals surface area contributed by atoms with Crippen molar-refractivity contribution in [1.29, 1.82) is 0 Å². The van der Waals surface area contributed by atoms with Crippen LogP contribution in [0.5, 0.6) is 0 Å². The van der Waals surface area contributed by atoms with E-state index < -0.39 is 10.0 Å². The fourth-order valence-electron chi connectivity index (χ4n) is 3.74. The fraction of sp³-hybridized carbons (Fsp3) is 0.440. The summed E-state index contributed by atoms with van der Waals surface area (Å²) in [5, 5.41) is 0. The Kier molecular flexibility index (Phi) is 8.25. The summed E-state index contributed by atoms with van der Waals surface area (Å²) in [6, 6.07) is 17.1. The number of aryl methyl sites for hydroxylation is 1. The zero-order valence-electron chi connectivity index (χ0n) is 18.0. The van der Waals surface area contributed by atoms with E-state index in [4.69, 9.17) is 4.74 Å². The minimum absolute atomic E-state index is 0.0822. The third-order valence-corrected chi connectivity index (χ3v) is 7.35. The molecule has 1 aliphatic heterocycles. The number of unbranched alkanes of at least 4 members (excludes halogenated alkanes) is 3. The molecule has 2 aromatic carbocycles. The zero-order valence-corrected chi connectivity index (χ0v) is 18.9. The molecule has 1 saturated heterocycles. The molecule has 0 aliphatic carbocycles. The maximum absolute atomic E-state index is 13.3. The molecule has 0 saturated carbocycles. The van der Waals surface area contributed by atoms with Crippen molar-refractivity contribution >= 4 is 16.1 Å². The van der Waals surface area contributed by atoms with Crippen molar-refractivity contribution in [2.75, 3.05) is 13.1 Å². The minimum atomic E-state index is -3.54. The monoisotopic (exact) mass is 427 g/mol. The molecule has 0 bridgehead atoms. The number of benzene rings is 2. The van der Waals surface area contributed by atoms with Gasteiger partial charge in [0.25, 0.3) is 0 Å². The zero-order chi connectivity index (χ0) is 21.4. The van der Waals surface area contributed by atoms with Gasteiger partial charge < -0.3 is 4.74 Å². The number of morpholine rings is 1. The van der Waals surface area contributed by atoms with E-state index in [9.17, 15) is 8.42 Å². The van der Waals surface area contributed by atoms with E-state index in [-0.39, 0.29) is 12.2 Å². The lowest BCUT2D eigenvalue weighted by atomic mass is 10.1. The summed E-state index contributed by atoms with van der Waals surface area (Å²) >= 11 is 0. The summed E-state index contributed by atoms with van der Waals surface area (Å²) < 4.78 is 34.5. The highest BCUT2D eigenvalue weighted by molar-refractivity contribution is 7.89. The van der Waals surface area contributed by atoms with Gasteiger partial charge in [0.05, 0.1) is 17.1 Å². The first kappa shape index (κ1) is 22.7. The average molecular weight is 428 g/mol. The van der Waals surface area contributed by atoms with Crippen molar-refractivity contribution in [2.45, 2.75) is 63.1 Å². The van der Waals surface area contributed by atoms with Crippen LogP contribution in [0.3, 0.4) is 0 Å². The number of rotatable bonds is 9. The first-order chi connectivity index (χ1) is 14.5. The lowest BCUT2D eigenvalue weighted by molar-refractivity contribution is -0.0441. The van der Waals surface area contributed by atoms with Gasteiger partial charge in [-0.15, -0.1) is 0 Å². The molecular formula is C25H33NO3S. The third-order valence-electron chi connectivity index (χ3n) is 5.50. The van der Waals surface area contributed by atoms with E-state index >= 15 is 0 Å². The van der Waals surface area contributed by atoms with E-state index in [1.54, 1.807) is 16.4 Å². The van der Waals surface area contributed by atoms with Gasteiger partial charge >= 0.3 is 0 Å². The predicted octanol–water partition coefficient (Wildman–Crippen LogP) is 5.44. The number of sulfonamides is 1. The Morgan fingerprint density at radius 3 is 2.43 bits per heavy atom. The Labute approximate surface area is 181 Å². The molecule has 0 radical (unpaired) electrons. The largest absolute Gasteiger partial charge is 0.368 e. The summed E-state index contributed by atoms with van der Waals surface area (Å²) in [6.07, 6.45) is 9.16. The molecule has 0 spiro atoms. The van der Waals surface area contributed by atoms with Crippen molar-refractivity contribution in [3.8, 4) is 0 Å². The van der Waals surface area contributed by atoms with Crippen LogP contribution in [-0.4, -0.2) is 38.0 Å².